The predicted molar refractivity (Wildman–Crippen MR) is 59.5 cm³/mol. The molecule has 1 aliphatic rings. The maximum absolute atomic E-state index is 11.5. The summed E-state index contributed by atoms with van der Waals surface area (Å²) in [5.74, 6) is -0.0387. The number of anilines is 1. The van der Waals surface area contributed by atoms with E-state index in [4.69, 9.17) is 0 Å². The molecule has 0 aliphatic carbocycles. The third-order valence-corrected chi connectivity index (χ3v) is 2.34. The molecule has 1 aromatic rings. The Balaban J connectivity index is 1.87. The molecule has 0 spiro atoms. The van der Waals surface area contributed by atoms with Crippen molar-refractivity contribution in [2.45, 2.75) is 12.8 Å². The van der Waals surface area contributed by atoms with Crippen molar-refractivity contribution in [3.8, 4) is 0 Å². The highest BCUT2D eigenvalue weighted by atomic mass is 16.2. The lowest BCUT2D eigenvalue weighted by Gasteiger charge is -2.17. The zero-order valence-electron chi connectivity index (χ0n) is 8.77. The van der Waals surface area contributed by atoms with Gasteiger partial charge in [-0.25, -0.2) is 10.2 Å². The van der Waals surface area contributed by atoms with E-state index in [-0.39, 0.29) is 11.9 Å². The minimum atomic E-state index is -0.388. The van der Waals surface area contributed by atoms with Crippen LogP contribution in [-0.2, 0) is 4.79 Å². The van der Waals surface area contributed by atoms with Gasteiger partial charge in [0.15, 0.2) is 0 Å². The van der Waals surface area contributed by atoms with E-state index in [0.29, 0.717) is 18.7 Å². The van der Waals surface area contributed by atoms with Crippen molar-refractivity contribution >= 4 is 17.6 Å². The second-order valence-electron chi connectivity index (χ2n) is 3.58. The molecule has 0 unspecified atom stereocenters. The molecule has 0 aromatic heterocycles. The molecule has 2 rings (SSSR count). The van der Waals surface area contributed by atoms with Gasteiger partial charge in [-0.3, -0.25) is 9.80 Å². The minimum absolute atomic E-state index is 0.0387. The normalized spacial score (nSPS) is 15.0. The number of hydrogen-bond acceptors (Lipinski definition) is 2. The van der Waals surface area contributed by atoms with Crippen LogP contribution in [0, 0.1) is 0 Å². The molecule has 0 saturated carbocycles. The molecule has 1 aromatic carbocycles. The fourth-order valence-corrected chi connectivity index (χ4v) is 1.57. The molecule has 3 amide bonds. The van der Waals surface area contributed by atoms with Crippen molar-refractivity contribution in [1.29, 1.82) is 0 Å². The SMILES string of the molecule is O=C(Nc1ccccc1)NN1CCCC1=O. The van der Waals surface area contributed by atoms with Gasteiger partial charge in [0.2, 0.25) is 5.91 Å². The molecule has 0 atom stereocenters. The Morgan fingerprint density at radius 1 is 1.25 bits per heavy atom. The summed E-state index contributed by atoms with van der Waals surface area (Å²) in [7, 11) is 0. The van der Waals surface area contributed by atoms with Crippen molar-refractivity contribution in [1.82, 2.24) is 10.4 Å². The van der Waals surface area contributed by atoms with E-state index >= 15 is 0 Å². The summed E-state index contributed by atoms with van der Waals surface area (Å²) in [6.07, 6.45) is 1.30. The average molecular weight is 219 g/mol. The molecule has 0 bridgehead atoms. The number of benzene rings is 1. The lowest BCUT2D eigenvalue weighted by molar-refractivity contribution is -0.129. The van der Waals surface area contributed by atoms with Gasteiger partial charge in [0.25, 0.3) is 0 Å². The summed E-state index contributed by atoms with van der Waals surface area (Å²) in [4.78, 5) is 22.7. The molecule has 2 N–H and O–H groups in total. The van der Waals surface area contributed by atoms with Gasteiger partial charge in [0, 0.05) is 18.7 Å². The van der Waals surface area contributed by atoms with Crippen LogP contribution in [0.5, 0.6) is 0 Å². The fraction of sp³-hybridized carbons (Fsp3) is 0.273. The Kier molecular flexibility index (Phi) is 3.05. The number of carbonyl (C=O) groups is 2. The monoisotopic (exact) mass is 219 g/mol. The largest absolute Gasteiger partial charge is 0.338 e. The summed E-state index contributed by atoms with van der Waals surface area (Å²) in [6.45, 7) is 0.584. The number of carbonyl (C=O) groups excluding carboxylic acids is 2. The van der Waals surface area contributed by atoms with E-state index in [1.54, 1.807) is 12.1 Å². The fourth-order valence-electron chi connectivity index (χ4n) is 1.57. The number of para-hydroxylation sites is 1. The molecule has 84 valence electrons. The first-order valence-electron chi connectivity index (χ1n) is 5.19. The summed E-state index contributed by atoms with van der Waals surface area (Å²) in [5.41, 5.74) is 3.21. The summed E-state index contributed by atoms with van der Waals surface area (Å²) >= 11 is 0. The Morgan fingerprint density at radius 2 is 2.00 bits per heavy atom. The zero-order chi connectivity index (χ0) is 11.4. The Bertz CT molecular complexity index is 391. The van der Waals surface area contributed by atoms with E-state index in [1.165, 1.54) is 5.01 Å². The minimum Gasteiger partial charge on any atom is -0.307 e. The Labute approximate surface area is 93.4 Å². The molecule has 1 heterocycles. The molecule has 5 nitrogen and oxygen atoms in total. The van der Waals surface area contributed by atoms with Gasteiger partial charge in [-0.15, -0.1) is 0 Å². The summed E-state index contributed by atoms with van der Waals surface area (Å²) < 4.78 is 0. The second kappa shape index (κ2) is 4.65. The lowest BCUT2D eigenvalue weighted by atomic mass is 10.3. The highest BCUT2D eigenvalue weighted by molar-refractivity contribution is 5.91. The first-order valence-corrected chi connectivity index (χ1v) is 5.19. The van der Waals surface area contributed by atoms with Crippen LogP contribution in [0.15, 0.2) is 30.3 Å². The van der Waals surface area contributed by atoms with Gasteiger partial charge < -0.3 is 5.32 Å². The number of nitrogens with one attached hydrogen (secondary N) is 2. The number of urea groups is 1. The van der Waals surface area contributed by atoms with E-state index in [2.05, 4.69) is 10.7 Å². The van der Waals surface area contributed by atoms with E-state index in [1.807, 2.05) is 18.2 Å². The van der Waals surface area contributed by atoms with Gasteiger partial charge in [-0.1, -0.05) is 18.2 Å². The first-order chi connectivity index (χ1) is 7.75. The average Bonchev–Trinajstić information content (AvgIpc) is 2.66. The second-order valence-corrected chi connectivity index (χ2v) is 3.58. The van der Waals surface area contributed by atoms with E-state index in [0.717, 1.165) is 6.42 Å². The zero-order valence-corrected chi connectivity index (χ0v) is 8.77. The molecule has 0 radical (unpaired) electrons. The predicted octanol–water partition coefficient (Wildman–Crippen LogP) is 1.35. The van der Waals surface area contributed by atoms with Crippen LogP contribution in [0.4, 0.5) is 10.5 Å². The Morgan fingerprint density at radius 3 is 2.62 bits per heavy atom. The lowest BCUT2D eigenvalue weighted by Crippen LogP contribution is -2.44. The Hall–Kier alpha value is -2.04. The highest BCUT2D eigenvalue weighted by Gasteiger charge is 2.21. The van der Waals surface area contributed by atoms with Gasteiger partial charge >= 0.3 is 6.03 Å². The van der Waals surface area contributed by atoms with Crippen molar-refractivity contribution in [3.63, 3.8) is 0 Å². The maximum atomic E-state index is 11.5. The molecule has 16 heavy (non-hydrogen) atoms. The molecule has 1 aliphatic heterocycles. The standard InChI is InChI=1S/C11H13N3O2/c15-10-7-4-8-14(10)13-11(16)12-9-5-2-1-3-6-9/h1-3,5-6H,4,7-8H2,(H2,12,13,16). The van der Waals surface area contributed by atoms with Crippen molar-refractivity contribution in [2.24, 2.45) is 0 Å². The van der Waals surface area contributed by atoms with Gasteiger partial charge in [-0.05, 0) is 18.6 Å². The maximum Gasteiger partial charge on any atom is 0.338 e. The van der Waals surface area contributed by atoms with E-state index in [9.17, 15) is 9.59 Å². The number of nitrogens with zero attached hydrogens (tertiary/aromatic N) is 1. The number of hydrogen-bond donors (Lipinski definition) is 2. The van der Waals surface area contributed by atoms with Crippen molar-refractivity contribution in [2.75, 3.05) is 11.9 Å². The number of rotatable bonds is 2. The number of hydrazine groups is 1. The van der Waals surface area contributed by atoms with Crippen LogP contribution in [0.2, 0.25) is 0 Å². The van der Waals surface area contributed by atoms with E-state index < -0.39 is 0 Å². The third kappa shape index (κ3) is 2.50. The quantitative estimate of drug-likeness (QED) is 0.788. The number of amides is 3. The summed E-state index contributed by atoms with van der Waals surface area (Å²) in [6, 6.07) is 8.71. The van der Waals surface area contributed by atoms with Crippen LogP contribution < -0.4 is 10.7 Å². The van der Waals surface area contributed by atoms with Crippen LogP contribution in [0.3, 0.4) is 0 Å². The molecule has 5 heteroatoms. The molecule has 1 saturated heterocycles. The summed E-state index contributed by atoms with van der Waals surface area (Å²) in [5, 5.41) is 3.99. The third-order valence-electron chi connectivity index (χ3n) is 2.34. The van der Waals surface area contributed by atoms with Crippen LogP contribution >= 0.6 is 0 Å². The van der Waals surface area contributed by atoms with Gasteiger partial charge in [0.1, 0.15) is 0 Å². The van der Waals surface area contributed by atoms with Gasteiger partial charge in [-0.2, -0.15) is 0 Å². The van der Waals surface area contributed by atoms with Crippen LogP contribution in [-0.4, -0.2) is 23.5 Å². The van der Waals surface area contributed by atoms with Crippen LogP contribution in [0.25, 0.3) is 0 Å². The smallest absolute Gasteiger partial charge is 0.307 e. The van der Waals surface area contributed by atoms with Gasteiger partial charge in [0.05, 0.1) is 0 Å². The first kappa shape index (κ1) is 10.5. The molecular weight excluding hydrogens is 206 g/mol. The topological polar surface area (TPSA) is 61.4 Å². The molecular formula is C11H13N3O2. The highest BCUT2D eigenvalue weighted by Crippen LogP contribution is 2.07. The van der Waals surface area contributed by atoms with Crippen molar-refractivity contribution < 1.29 is 9.59 Å². The molecule has 1 fully saturated rings. The van der Waals surface area contributed by atoms with Crippen LogP contribution in [0.1, 0.15) is 12.8 Å². The van der Waals surface area contributed by atoms with Crippen molar-refractivity contribution in [3.05, 3.63) is 30.3 Å².